The number of aromatic nitrogens is 1. The molecule has 1 heterocycles. The van der Waals surface area contributed by atoms with Crippen LogP contribution in [0.25, 0.3) is 0 Å². The van der Waals surface area contributed by atoms with E-state index in [0.29, 0.717) is 6.04 Å². The summed E-state index contributed by atoms with van der Waals surface area (Å²) in [7, 11) is 0. The van der Waals surface area contributed by atoms with Gasteiger partial charge < -0.3 is 5.32 Å². The normalized spacial score (nSPS) is 12.4. The van der Waals surface area contributed by atoms with Crippen molar-refractivity contribution in [3.63, 3.8) is 0 Å². The summed E-state index contributed by atoms with van der Waals surface area (Å²) in [5.74, 6) is 0. The van der Waals surface area contributed by atoms with Gasteiger partial charge in [0, 0.05) is 17.4 Å². The number of allylic oxidation sites excluding steroid dienone is 1. The highest BCUT2D eigenvalue weighted by atomic mass is 14.9. The Bertz CT molecular complexity index is 396. The van der Waals surface area contributed by atoms with Crippen LogP contribution in [-0.2, 0) is 0 Å². The van der Waals surface area contributed by atoms with Crippen LogP contribution in [0.2, 0.25) is 0 Å². The van der Waals surface area contributed by atoms with Crippen molar-refractivity contribution in [3.05, 3.63) is 41.2 Å². The highest BCUT2D eigenvalue weighted by Crippen LogP contribution is 2.23. The van der Waals surface area contributed by atoms with Crippen LogP contribution in [-0.4, -0.2) is 11.5 Å². The summed E-state index contributed by atoms with van der Waals surface area (Å²) in [6.07, 6.45) is 3.32. The Labute approximate surface area is 112 Å². The van der Waals surface area contributed by atoms with Gasteiger partial charge in [0.2, 0.25) is 0 Å². The number of hydrogen-bond donors (Lipinski definition) is 1. The molecule has 0 bridgehead atoms. The van der Waals surface area contributed by atoms with Crippen molar-refractivity contribution in [1.29, 1.82) is 0 Å². The maximum Gasteiger partial charge on any atom is 0.0423 e. The zero-order valence-corrected chi connectivity index (χ0v) is 12.2. The predicted octanol–water partition coefficient (Wildman–Crippen LogP) is 4.10. The smallest absolute Gasteiger partial charge is 0.0423 e. The van der Waals surface area contributed by atoms with Gasteiger partial charge in [0.05, 0.1) is 0 Å². The van der Waals surface area contributed by atoms with Gasteiger partial charge in [0.25, 0.3) is 0 Å². The molecular formula is C16H26N2. The number of hydrogen-bond acceptors (Lipinski definition) is 2. The van der Waals surface area contributed by atoms with E-state index in [4.69, 9.17) is 0 Å². The van der Waals surface area contributed by atoms with Crippen molar-refractivity contribution in [2.75, 3.05) is 6.54 Å². The van der Waals surface area contributed by atoms with Crippen molar-refractivity contribution in [2.45, 2.75) is 53.0 Å². The fraction of sp³-hybridized carbons (Fsp3) is 0.562. The van der Waals surface area contributed by atoms with Gasteiger partial charge in [-0.3, -0.25) is 4.98 Å². The predicted molar refractivity (Wildman–Crippen MR) is 78.8 cm³/mol. The molecule has 0 aliphatic rings. The molecule has 2 heteroatoms. The Morgan fingerprint density at radius 2 is 2.11 bits per heavy atom. The largest absolute Gasteiger partial charge is 0.310 e. The first-order valence-corrected chi connectivity index (χ1v) is 6.86. The van der Waals surface area contributed by atoms with Gasteiger partial charge in [-0.05, 0) is 58.2 Å². The molecule has 2 nitrogen and oxygen atoms in total. The van der Waals surface area contributed by atoms with E-state index >= 15 is 0 Å². The van der Waals surface area contributed by atoms with Crippen LogP contribution in [0, 0.1) is 13.8 Å². The van der Waals surface area contributed by atoms with E-state index in [0.717, 1.165) is 37.2 Å². The Morgan fingerprint density at radius 1 is 1.39 bits per heavy atom. The van der Waals surface area contributed by atoms with Crippen molar-refractivity contribution in [2.24, 2.45) is 0 Å². The molecule has 0 aliphatic carbocycles. The number of nitrogens with zero attached hydrogens (tertiary/aromatic N) is 1. The first-order valence-electron chi connectivity index (χ1n) is 6.86. The van der Waals surface area contributed by atoms with E-state index in [1.165, 1.54) is 11.1 Å². The topological polar surface area (TPSA) is 24.9 Å². The van der Waals surface area contributed by atoms with Crippen molar-refractivity contribution in [3.8, 4) is 0 Å². The van der Waals surface area contributed by atoms with Gasteiger partial charge in [-0.25, -0.2) is 0 Å². The van der Waals surface area contributed by atoms with Crippen LogP contribution in [0.3, 0.4) is 0 Å². The minimum atomic E-state index is 0.398. The van der Waals surface area contributed by atoms with Crippen LogP contribution in [0.5, 0.6) is 0 Å². The van der Waals surface area contributed by atoms with Crippen molar-refractivity contribution >= 4 is 0 Å². The van der Waals surface area contributed by atoms with E-state index in [1.54, 1.807) is 0 Å². The summed E-state index contributed by atoms with van der Waals surface area (Å²) in [6.45, 7) is 13.5. The number of rotatable bonds is 7. The molecular weight excluding hydrogens is 220 g/mol. The Balaban J connectivity index is 2.82. The van der Waals surface area contributed by atoms with Crippen molar-refractivity contribution < 1.29 is 0 Å². The highest BCUT2D eigenvalue weighted by molar-refractivity contribution is 5.25. The summed E-state index contributed by atoms with van der Waals surface area (Å²) in [5, 5.41) is 3.62. The van der Waals surface area contributed by atoms with Gasteiger partial charge in [-0.2, -0.15) is 0 Å². The molecule has 1 atom stereocenters. The van der Waals surface area contributed by atoms with E-state index in [-0.39, 0.29) is 0 Å². The zero-order valence-electron chi connectivity index (χ0n) is 12.2. The second-order valence-electron chi connectivity index (χ2n) is 5.13. The minimum absolute atomic E-state index is 0.398. The first kappa shape index (κ1) is 14.9. The Morgan fingerprint density at radius 3 is 2.67 bits per heavy atom. The molecule has 0 radical (unpaired) electrons. The lowest BCUT2D eigenvalue weighted by molar-refractivity contribution is 0.495. The molecule has 1 rings (SSSR count). The first-order chi connectivity index (χ1) is 8.54. The molecule has 0 spiro atoms. The van der Waals surface area contributed by atoms with Crippen LogP contribution < -0.4 is 5.32 Å². The number of nitrogens with one attached hydrogen (secondary N) is 1. The summed E-state index contributed by atoms with van der Waals surface area (Å²) in [6, 6.07) is 4.71. The molecule has 18 heavy (non-hydrogen) atoms. The van der Waals surface area contributed by atoms with Crippen LogP contribution >= 0.6 is 0 Å². The molecule has 0 fully saturated rings. The van der Waals surface area contributed by atoms with E-state index in [1.807, 2.05) is 6.92 Å². The Hall–Kier alpha value is -1.15. The van der Waals surface area contributed by atoms with Crippen molar-refractivity contribution in [1.82, 2.24) is 10.3 Å². The van der Waals surface area contributed by atoms with E-state index in [9.17, 15) is 0 Å². The quantitative estimate of drug-likeness (QED) is 0.733. The summed E-state index contributed by atoms with van der Waals surface area (Å²) in [5.41, 5.74) is 4.81. The summed E-state index contributed by atoms with van der Waals surface area (Å²) >= 11 is 0. The molecule has 1 aromatic heterocycles. The third-order valence-electron chi connectivity index (χ3n) is 3.14. The maximum absolute atomic E-state index is 4.57. The number of aryl methyl sites for hydroxylation is 2. The standard InChI is InChI=1S/C16H26N2/c1-6-11-17-16(10-7-12(2)3)15-9-8-13(4)18-14(15)5/h8-9,16-17H,2,6-7,10-11H2,1,3-5H3. The molecule has 0 amide bonds. The highest BCUT2D eigenvalue weighted by Gasteiger charge is 2.13. The third-order valence-corrected chi connectivity index (χ3v) is 3.14. The average Bonchev–Trinajstić information content (AvgIpc) is 2.30. The average molecular weight is 246 g/mol. The van der Waals surface area contributed by atoms with Gasteiger partial charge in [-0.15, -0.1) is 6.58 Å². The van der Waals surface area contributed by atoms with Crippen LogP contribution in [0.1, 0.15) is 56.1 Å². The number of pyridine rings is 1. The lowest BCUT2D eigenvalue weighted by atomic mass is 9.98. The van der Waals surface area contributed by atoms with Gasteiger partial charge in [-0.1, -0.05) is 18.6 Å². The SMILES string of the molecule is C=C(C)CCC(NCCC)c1ccc(C)nc1C. The monoisotopic (exact) mass is 246 g/mol. The fourth-order valence-electron chi connectivity index (χ4n) is 2.14. The van der Waals surface area contributed by atoms with Gasteiger partial charge in [0.15, 0.2) is 0 Å². The summed E-state index contributed by atoms with van der Waals surface area (Å²) < 4.78 is 0. The second-order valence-corrected chi connectivity index (χ2v) is 5.13. The van der Waals surface area contributed by atoms with Crippen LogP contribution in [0.4, 0.5) is 0 Å². The lowest BCUT2D eigenvalue weighted by Gasteiger charge is -2.21. The third kappa shape index (κ3) is 4.61. The molecule has 1 aromatic rings. The molecule has 0 aromatic carbocycles. The molecule has 0 saturated heterocycles. The maximum atomic E-state index is 4.57. The van der Waals surface area contributed by atoms with Gasteiger partial charge in [0.1, 0.15) is 0 Å². The molecule has 1 N–H and O–H groups in total. The molecule has 0 saturated carbocycles. The zero-order chi connectivity index (χ0) is 13.5. The fourth-order valence-corrected chi connectivity index (χ4v) is 2.14. The molecule has 1 unspecified atom stereocenters. The van der Waals surface area contributed by atoms with E-state index in [2.05, 4.69) is 49.8 Å². The Kier molecular flexibility index (Phi) is 6.06. The molecule has 0 aliphatic heterocycles. The minimum Gasteiger partial charge on any atom is -0.310 e. The van der Waals surface area contributed by atoms with E-state index < -0.39 is 0 Å². The summed E-state index contributed by atoms with van der Waals surface area (Å²) in [4.78, 5) is 4.57. The molecule has 100 valence electrons. The second kappa shape index (κ2) is 7.32. The van der Waals surface area contributed by atoms with Gasteiger partial charge >= 0.3 is 0 Å². The van der Waals surface area contributed by atoms with Crippen LogP contribution in [0.15, 0.2) is 24.3 Å². The lowest BCUT2D eigenvalue weighted by Crippen LogP contribution is -2.23.